The second-order valence-corrected chi connectivity index (χ2v) is 5.06. The zero-order valence-corrected chi connectivity index (χ0v) is 13.8. The molecular formula is C15H26N2O6. The third-order valence-corrected chi connectivity index (χ3v) is 3.33. The highest BCUT2D eigenvalue weighted by Gasteiger charge is 2.31. The third-order valence-electron chi connectivity index (χ3n) is 3.33. The molecule has 0 aromatic rings. The van der Waals surface area contributed by atoms with E-state index < -0.39 is 18.0 Å². The molecule has 1 rings (SSSR count). The summed E-state index contributed by atoms with van der Waals surface area (Å²) in [6.07, 6.45) is 0.872. The van der Waals surface area contributed by atoms with Crippen molar-refractivity contribution in [2.75, 3.05) is 46.1 Å². The normalized spacial score (nSPS) is 15.3. The quantitative estimate of drug-likeness (QED) is 0.458. The molecule has 0 spiro atoms. The van der Waals surface area contributed by atoms with Gasteiger partial charge in [0.1, 0.15) is 0 Å². The first-order valence-electron chi connectivity index (χ1n) is 8.01. The number of ether oxygens (including phenoxy) is 3. The molecule has 1 fully saturated rings. The first-order valence-corrected chi connectivity index (χ1v) is 8.01. The molecule has 23 heavy (non-hydrogen) atoms. The molecule has 1 amide bonds. The van der Waals surface area contributed by atoms with Gasteiger partial charge >= 0.3 is 11.9 Å². The fourth-order valence-electron chi connectivity index (χ4n) is 2.19. The molecule has 1 saturated heterocycles. The molecule has 0 unspecified atom stereocenters. The third kappa shape index (κ3) is 7.43. The standard InChI is InChI=1S/C15H26N2O6/c1-3-22-14(19)13(15(20)23-4-2)16-12(18)6-5-7-17-8-10-21-11-9-17/h13H,3-11H2,1-2H3,(H,16,18). The van der Waals surface area contributed by atoms with E-state index in [0.717, 1.165) is 19.6 Å². The number of hydrogen-bond acceptors (Lipinski definition) is 7. The van der Waals surface area contributed by atoms with Crippen molar-refractivity contribution in [3.05, 3.63) is 0 Å². The second-order valence-electron chi connectivity index (χ2n) is 5.06. The Hall–Kier alpha value is -1.67. The van der Waals surface area contributed by atoms with Gasteiger partial charge in [0.2, 0.25) is 11.9 Å². The van der Waals surface area contributed by atoms with E-state index in [9.17, 15) is 14.4 Å². The Morgan fingerprint density at radius 1 is 1.09 bits per heavy atom. The molecule has 0 radical (unpaired) electrons. The van der Waals surface area contributed by atoms with Gasteiger partial charge in [-0.1, -0.05) is 0 Å². The number of nitrogens with zero attached hydrogens (tertiary/aromatic N) is 1. The molecule has 0 aromatic carbocycles. The van der Waals surface area contributed by atoms with E-state index in [1.807, 2.05) is 0 Å². The maximum Gasteiger partial charge on any atom is 0.340 e. The average molecular weight is 330 g/mol. The van der Waals surface area contributed by atoms with Gasteiger partial charge < -0.3 is 19.5 Å². The minimum atomic E-state index is -1.40. The summed E-state index contributed by atoms with van der Waals surface area (Å²) in [4.78, 5) is 37.7. The maximum atomic E-state index is 11.9. The van der Waals surface area contributed by atoms with Crippen LogP contribution in [0.2, 0.25) is 0 Å². The van der Waals surface area contributed by atoms with Gasteiger partial charge in [-0.3, -0.25) is 9.69 Å². The van der Waals surface area contributed by atoms with Gasteiger partial charge in [-0.2, -0.15) is 0 Å². The van der Waals surface area contributed by atoms with Crippen LogP contribution in [0.3, 0.4) is 0 Å². The molecule has 1 aliphatic rings. The summed E-state index contributed by atoms with van der Waals surface area (Å²) in [5, 5.41) is 2.39. The van der Waals surface area contributed by atoms with Crippen molar-refractivity contribution in [3.63, 3.8) is 0 Å². The van der Waals surface area contributed by atoms with Crippen LogP contribution in [0.5, 0.6) is 0 Å². The Morgan fingerprint density at radius 2 is 1.65 bits per heavy atom. The lowest BCUT2D eigenvalue weighted by molar-refractivity contribution is -0.159. The summed E-state index contributed by atoms with van der Waals surface area (Å²) >= 11 is 0. The highest BCUT2D eigenvalue weighted by Crippen LogP contribution is 2.01. The molecule has 0 aromatic heterocycles. The molecule has 132 valence electrons. The minimum absolute atomic E-state index is 0.127. The van der Waals surface area contributed by atoms with Crippen LogP contribution >= 0.6 is 0 Å². The Balaban J connectivity index is 2.39. The summed E-state index contributed by atoms with van der Waals surface area (Å²) < 4.78 is 14.8. The molecule has 8 nitrogen and oxygen atoms in total. The van der Waals surface area contributed by atoms with E-state index in [1.54, 1.807) is 13.8 Å². The van der Waals surface area contributed by atoms with Crippen molar-refractivity contribution in [2.24, 2.45) is 0 Å². The van der Waals surface area contributed by atoms with Crippen molar-refractivity contribution < 1.29 is 28.6 Å². The Kier molecular flexibility index (Phi) is 9.23. The van der Waals surface area contributed by atoms with Crippen LogP contribution in [0.1, 0.15) is 26.7 Å². The number of carbonyl (C=O) groups excluding carboxylic acids is 3. The molecular weight excluding hydrogens is 304 g/mol. The van der Waals surface area contributed by atoms with Crippen molar-refractivity contribution in [1.29, 1.82) is 0 Å². The van der Waals surface area contributed by atoms with E-state index in [4.69, 9.17) is 14.2 Å². The van der Waals surface area contributed by atoms with Gasteiger partial charge in [0, 0.05) is 19.5 Å². The Labute approximate surface area is 136 Å². The lowest BCUT2D eigenvalue weighted by Gasteiger charge is -2.26. The molecule has 0 saturated carbocycles. The van der Waals surface area contributed by atoms with E-state index in [1.165, 1.54) is 0 Å². The lowest BCUT2D eigenvalue weighted by atomic mass is 10.2. The van der Waals surface area contributed by atoms with Crippen LogP contribution in [0, 0.1) is 0 Å². The van der Waals surface area contributed by atoms with Crippen LogP contribution in [0.15, 0.2) is 0 Å². The van der Waals surface area contributed by atoms with Crippen LogP contribution in [0.25, 0.3) is 0 Å². The van der Waals surface area contributed by atoms with Gasteiger partial charge in [0.25, 0.3) is 0 Å². The summed E-state index contributed by atoms with van der Waals surface area (Å²) in [5.41, 5.74) is 0. The summed E-state index contributed by atoms with van der Waals surface area (Å²) in [6.45, 7) is 7.42. The number of nitrogens with one attached hydrogen (secondary N) is 1. The minimum Gasteiger partial charge on any atom is -0.464 e. The number of amides is 1. The van der Waals surface area contributed by atoms with E-state index in [0.29, 0.717) is 19.6 Å². The van der Waals surface area contributed by atoms with Crippen LogP contribution in [-0.2, 0) is 28.6 Å². The van der Waals surface area contributed by atoms with Gasteiger partial charge in [0.05, 0.1) is 26.4 Å². The van der Waals surface area contributed by atoms with Crippen LogP contribution in [-0.4, -0.2) is 74.8 Å². The fraction of sp³-hybridized carbons (Fsp3) is 0.800. The second kappa shape index (κ2) is 11.0. The molecule has 0 aliphatic carbocycles. The highest BCUT2D eigenvalue weighted by molar-refractivity contribution is 6.02. The van der Waals surface area contributed by atoms with E-state index in [-0.39, 0.29) is 25.5 Å². The summed E-state index contributed by atoms with van der Waals surface area (Å²) in [5.74, 6) is -1.97. The van der Waals surface area contributed by atoms with Gasteiger partial charge in [-0.05, 0) is 26.8 Å². The number of hydrogen-bond donors (Lipinski definition) is 1. The lowest BCUT2D eigenvalue weighted by Crippen LogP contribution is -2.48. The largest absolute Gasteiger partial charge is 0.464 e. The van der Waals surface area contributed by atoms with Gasteiger partial charge in [-0.25, -0.2) is 9.59 Å². The van der Waals surface area contributed by atoms with Crippen molar-refractivity contribution in [1.82, 2.24) is 10.2 Å². The maximum absolute atomic E-state index is 11.9. The van der Waals surface area contributed by atoms with E-state index >= 15 is 0 Å². The number of carbonyl (C=O) groups is 3. The topological polar surface area (TPSA) is 94.2 Å². The summed E-state index contributed by atoms with van der Waals surface area (Å²) in [7, 11) is 0. The number of rotatable bonds is 9. The molecule has 8 heteroatoms. The summed E-state index contributed by atoms with van der Waals surface area (Å²) in [6, 6.07) is -1.40. The Bertz CT molecular complexity index is 377. The molecule has 0 atom stereocenters. The molecule has 1 N–H and O–H groups in total. The zero-order valence-electron chi connectivity index (χ0n) is 13.8. The molecule has 1 heterocycles. The van der Waals surface area contributed by atoms with Crippen molar-refractivity contribution in [2.45, 2.75) is 32.7 Å². The predicted molar refractivity (Wildman–Crippen MR) is 81.7 cm³/mol. The van der Waals surface area contributed by atoms with Gasteiger partial charge in [0.15, 0.2) is 0 Å². The van der Waals surface area contributed by atoms with Crippen molar-refractivity contribution in [3.8, 4) is 0 Å². The van der Waals surface area contributed by atoms with Crippen LogP contribution < -0.4 is 5.32 Å². The smallest absolute Gasteiger partial charge is 0.340 e. The Morgan fingerprint density at radius 3 is 2.17 bits per heavy atom. The van der Waals surface area contributed by atoms with Crippen LogP contribution in [0.4, 0.5) is 0 Å². The number of morpholine rings is 1. The van der Waals surface area contributed by atoms with Gasteiger partial charge in [-0.15, -0.1) is 0 Å². The fourth-order valence-corrected chi connectivity index (χ4v) is 2.19. The first kappa shape index (κ1) is 19.4. The molecule has 1 aliphatic heterocycles. The van der Waals surface area contributed by atoms with E-state index in [2.05, 4.69) is 10.2 Å². The zero-order chi connectivity index (χ0) is 17.1. The SMILES string of the molecule is CCOC(=O)C(NC(=O)CCCN1CCOCC1)C(=O)OCC. The first-order chi connectivity index (χ1) is 11.1. The number of esters is 2. The molecule has 0 bridgehead atoms. The predicted octanol–water partition coefficient (Wildman–Crippen LogP) is -0.290. The van der Waals surface area contributed by atoms with Crippen molar-refractivity contribution >= 4 is 17.8 Å². The monoisotopic (exact) mass is 330 g/mol. The average Bonchev–Trinajstić information content (AvgIpc) is 2.54. The highest BCUT2D eigenvalue weighted by atomic mass is 16.6.